The number of aryl methyl sites for hydroxylation is 1. The van der Waals surface area contributed by atoms with Gasteiger partial charge in [0.05, 0.1) is 17.1 Å². The molecule has 0 N–H and O–H groups in total. The van der Waals surface area contributed by atoms with Crippen molar-refractivity contribution in [2.75, 3.05) is 0 Å². The molecule has 0 aliphatic heterocycles. The Hall–Kier alpha value is -1.44. The van der Waals surface area contributed by atoms with E-state index in [9.17, 15) is 0 Å². The highest BCUT2D eigenvalue weighted by atomic mass is 32.2. The number of benzene rings is 1. The number of hydrogen-bond donors (Lipinski definition) is 0. The molecule has 2 aromatic heterocycles. The Kier molecular flexibility index (Phi) is 4.00. The molecule has 4 nitrogen and oxygen atoms in total. The van der Waals surface area contributed by atoms with E-state index in [4.69, 9.17) is 16.7 Å². The highest BCUT2D eigenvalue weighted by Gasteiger charge is 2.08. The van der Waals surface area contributed by atoms with Crippen molar-refractivity contribution in [2.24, 2.45) is 0 Å². The number of nitrogens with zero attached hydrogens (tertiary/aromatic N) is 3. The van der Waals surface area contributed by atoms with E-state index in [2.05, 4.69) is 10.3 Å². The first-order valence-corrected chi connectivity index (χ1v) is 8.14. The first-order chi connectivity index (χ1) is 9.72. The summed E-state index contributed by atoms with van der Waals surface area (Å²) in [5, 5.41) is 8.40. The van der Waals surface area contributed by atoms with Gasteiger partial charge in [0, 0.05) is 6.07 Å². The molecule has 0 atom stereocenters. The van der Waals surface area contributed by atoms with Gasteiger partial charge in [0.25, 0.3) is 0 Å². The van der Waals surface area contributed by atoms with E-state index in [0.717, 1.165) is 25.4 Å². The molecule has 0 fully saturated rings. The molecule has 0 bridgehead atoms. The van der Waals surface area contributed by atoms with E-state index < -0.39 is 0 Å². The predicted molar refractivity (Wildman–Crippen MR) is 83.1 cm³/mol. The maximum absolute atomic E-state index is 5.36. The van der Waals surface area contributed by atoms with Crippen LogP contribution in [0, 0.1) is 10.9 Å². The molecule has 0 amide bonds. The zero-order valence-electron chi connectivity index (χ0n) is 10.6. The minimum absolute atomic E-state index is 0.706. The molecular formula is C13H11N3OS3. The standard InChI is InChI=1S/C13H11N3OS3/c1-9-7-11(17-15-9)8-19-12-14-16(13(18)20-12)10-5-3-2-4-6-10/h2-7H,8H2,1H3. The van der Waals surface area contributed by atoms with Crippen molar-refractivity contribution in [1.82, 2.24) is 14.9 Å². The fourth-order valence-electron chi connectivity index (χ4n) is 1.67. The van der Waals surface area contributed by atoms with Crippen LogP contribution in [-0.2, 0) is 5.75 Å². The van der Waals surface area contributed by atoms with Gasteiger partial charge in [-0.05, 0) is 31.3 Å². The Morgan fingerprint density at radius 1 is 1.35 bits per heavy atom. The van der Waals surface area contributed by atoms with Crippen LogP contribution in [0.2, 0.25) is 0 Å². The van der Waals surface area contributed by atoms with Gasteiger partial charge in [0.15, 0.2) is 8.29 Å². The topological polar surface area (TPSA) is 43.9 Å². The second-order valence-corrected chi connectivity index (χ2v) is 6.95. The molecule has 3 aromatic rings. The molecule has 0 saturated carbocycles. The highest BCUT2D eigenvalue weighted by Crippen LogP contribution is 2.27. The van der Waals surface area contributed by atoms with Crippen molar-refractivity contribution in [3.05, 3.63) is 51.8 Å². The SMILES string of the molecule is Cc1cc(CSc2nn(-c3ccccc3)c(=S)s2)on1. The molecule has 0 aliphatic carbocycles. The van der Waals surface area contributed by atoms with Crippen LogP contribution in [0.1, 0.15) is 11.5 Å². The predicted octanol–water partition coefficient (Wildman–Crippen LogP) is 4.25. The van der Waals surface area contributed by atoms with Gasteiger partial charge in [-0.3, -0.25) is 0 Å². The highest BCUT2D eigenvalue weighted by molar-refractivity contribution is 8.00. The van der Waals surface area contributed by atoms with Gasteiger partial charge in [-0.2, -0.15) is 0 Å². The van der Waals surface area contributed by atoms with E-state index in [0.29, 0.717) is 5.75 Å². The second kappa shape index (κ2) is 5.90. The number of thioether (sulfide) groups is 1. The number of para-hydroxylation sites is 1. The van der Waals surface area contributed by atoms with Crippen LogP contribution >= 0.6 is 35.3 Å². The van der Waals surface area contributed by atoms with E-state index >= 15 is 0 Å². The summed E-state index contributed by atoms with van der Waals surface area (Å²) >= 11 is 8.47. The largest absolute Gasteiger partial charge is 0.360 e. The Labute approximate surface area is 129 Å². The molecule has 2 heterocycles. The number of rotatable bonds is 4. The van der Waals surface area contributed by atoms with Gasteiger partial charge in [-0.15, -0.1) is 5.10 Å². The second-order valence-electron chi connectivity index (χ2n) is 4.10. The zero-order valence-corrected chi connectivity index (χ0v) is 13.1. The maximum atomic E-state index is 5.36. The average molecular weight is 321 g/mol. The van der Waals surface area contributed by atoms with Crippen molar-refractivity contribution in [3.8, 4) is 5.69 Å². The lowest BCUT2D eigenvalue weighted by atomic mass is 10.3. The van der Waals surface area contributed by atoms with Crippen molar-refractivity contribution >= 4 is 35.3 Å². The number of aromatic nitrogens is 3. The van der Waals surface area contributed by atoms with Crippen LogP contribution in [0.25, 0.3) is 5.69 Å². The van der Waals surface area contributed by atoms with Crippen molar-refractivity contribution in [1.29, 1.82) is 0 Å². The minimum Gasteiger partial charge on any atom is -0.360 e. The summed E-state index contributed by atoms with van der Waals surface area (Å²) in [5.74, 6) is 1.55. The normalized spacial score (nSPS) is 10.8. The fourth-order valence-corrected chi connectivity index (χ4v) is 3.90. The van der Waals surface area contributed by atoms with Crippen LogP contribution in [0.3, 0.4) is 0 Å². The quantitative estimate of drug-likeness (QED) is 0.531. The molecule has 20 heavy (non-hydrogen) atoms. The molecular weight excluding hydrogens is 310 g/mol. The first kappa shape index (κ1) is 13.5. The summed E-state index contributed by atoms with van der Waals surface area (Å²) in [6.45, 7) is 1.91. The van der Waals surface area contributed by atoms with Crippen LogP contribution < -0.4 is 0 Å². The number of hydrogen-bond acceptors (Lipinski definition) is 6. The summed E-state index contributed by atoms with van der Waals surface area (Å²) in [4.78, 5) is 0. The summed E-state index contributed by atoms with van der Waals surface area (Å²) in [7, 11) is 0. The summed E-state index contributed by atoms with van der Waals surface area (Å²) in [5.41, 5.74) is 1.87. The van der Waals surface area contributed by atoms with Gasteiger partial charge in [0.1, 0.15) is 5.76 Å². The first-order valence-electron chi connectivity index (χ1n) is 5.93. The van der Waals surface area contributed by atoms with Crippen LogP contribution in [0.5, 0.6) is 0 Å². The van der Waals surface area contributed by atoms with Gasteiger partial charge >= 0.3 is 0 Å². The van der Waals surface area contributed by atoms with E-state index in [1.807, 2.05) is 43.3 Å². The van der Waals surface area contributed by atoms with Crippen LogP contribution in [0.4, 0.5) is 0 Å². The van der Waals surface area contributed by atoms with Crippen molar-refractivity contribution in [3.63, 3.8) is 0 Å². The summed E-state index contributed by atoms with van der Waals surface area (Å²) in [6, 6.07) is 11.8. The third kappa shape index (κ3) is 3.00. The van der Waals surface area contributed by atoms with E-state index in [1.54, 1.807) is 16.4 Å². The molecule has 0 unspecified atom stereocenters. The third-order valence-electron chi connectivity index (χ3n) is 2.54. The van der Waals surface area contributed by atoms with Gasteiger partial charge in [0.2, 0.25) is 0 Å². The van der Waals surface area contributed by atoms with E-state index in [1.165, 1.54) is 11.3 Å². The fraction of sp³-hybridized carbons (Fsp3) is 0.154. The minimum atomic E-state index is 0.706. The molecule has 0 saturated heterocycles. The van der Waals surface area contributed by atoms with Crippen molar-refractivity contribution in [2.45, 2.75) is 17.0 Å². The van der Waals surface area contributed by atoms with Crippen LogP contribution in [0.15, 0.2) is 45.3 Å². The molecule has 7 heteroatoms. The third-order valence-corrected chi connectivity index (χ3v) is 4.93. The Morgan fingerprint density at radius 3 is 2.85 bits per heavy atom. The lowest BCUT2D eigenvalue weighted by Gasteiger charge is -1.98. The van der Waals surface area contributed by atoms with Gasteiger partial charge in [-0.1, -0.05) is 46.5 Å². The lowest BCUT2D eigenvalue weighted by molar-refractivity contribution is 0.391. The van der Waals surface area contributed by atoms with Gasteiger partial charge in [-0.25, -0.2) is 4.68 Å². The Morgan fingerprint density at radius 2 is 2.15 bits per heavy atom. The van der Waals surface area contributed by atoms with Gasteiger partial charge < -0.3 is 4.52 Å². The molecule has 0 spiro atoms. The molecule has 0 radical (unpaired) electrons. The molecule has 0 aliphatic rings. The summed E-state index contributed by atoms with van der Waals surface area (Å²) in [6.07, 6.45) is 0. The smallest absolute Gasteiger partial charge is 0.184 e. The maximum Gasteiger partial charge on any atom is 0.184 e. The average Bonchev–Trinajstić information content (AvgIpc) is 3.03. The zero-order chi connectivity index (χ0) is 13.9. The van der Waals surface area contributed by atoms with Crippen molar-refractivity contribution < 1.29 is 4.52 Å². The molecule has 102 valence electrons. The monoisotopic (exact) mass is 321 g/mol. The van der Waals surface area contributed by atoms with E-state index in [-0.39, 0.29) is 0 Å². The Bertz CT molecular complexity index is 761. The molecule has 1 aromatic carbocycles. The van der Waals surface area contributed by atoms with Crippen LogP contribution in [-0.4, -0.2) is 14.9 Å². The summed E-state index contributed by atoms with van der Waals surface area (Å²) < 4.78 is 8.63. The Balaban J connectivity index is 1.77. The molecule has 3 rings (SSSR count). The lowest BCUT2D eigenvalue weighted by Crippen LogP contribution is -1.95.